The van der Waals surface area contributed by atoms with Gasteiger partial charge in [0.15, 0.2) is 12.0 Å². The second-order valence-electron chi connectivity index (χ2n) is 16.6. The maximum Gasteiger partial charge on any atom is 0.416 e. The van der Waals surface area contributed by atoms with E-state index in [1.165, 1.54) is 25.0 Å². The fraction of sp³-hybridized carbons (Fsp3) is 0.489. The van der Waals surface area contributed by atoms with Crippen LogP contribution in [0, 0.1) is 5.92 Å². The molecule has 0 aromatic heterocycles. The molecule has 0 fully saturated rings. The van der Waals surface area contributed by atoms with E-state index < -0.39 is 62.6 Å². The molecule has 2 aromatic rings. The van der Waals surface area contributed by atoms with E-state index in [0.717, 1.165) is 10.5 Å². The van der Waals surface area contributed by atoms with Gasteiger partial charge >= 0.3 is 12.2 Å². The highest BCUT2D eigenvalue weighted by atomic mass is 28.4. The smallest absolute Gasteiger partial charge is 0.416 e. The molecule has 2 aromatic carbocycles. The highest BCUT2D eigenvalue weighted by Crippen LogP contribution is 2.48. The molecule has 15 nitrogen and oxygen atoms in total. The summed E-state index contributed by atoms with van der Waals surface area (Å²) in [5, 5.41) is 19.9. The molecule has 0 unspecified atom stereocenters. The Morgan fingerprint density at radius 2 is 1.56 bits per heavy atom. The van der Waals surface area contributed by atoms with E-state index in [4.69, 9.17) is 18.6 Å². The van der Waals surface area contributed by atoms with Crippen LogP contribution in [0.4, 0.5) is 21.0 Å². The molecule has 4 rings (SSSR count). The third-order valence-electron chi connectivity index (χ3n) is 11.2. The minimum Gasteiger partial charge on any atom is -0.540 e. The second-order valence-corrected chi connectivity index (χ2v) is 22.0. The van der Waals surface area contributed by atoms with Gasteiger partial charge in [0.05, 0.1) is 24.4 Å². The number of fused-ring (bicyclic) bond motifs is 2. The number of rotatable bonds is 17. The van der Waals surface area contributed by atoms with Crippen molar-refractivity contribution in [3.63, 3.8) is 0 Å². The van der Waals surface area contributed by atoms with Crippen molar-refractivity contribution in [3.05, 3.63) is 84.1 Å². The Bertz CT molecular complexity index is 1970. The molecule has 0 spiro atoms. The summed E-state index contributed by atoms with van der Waals surface area (Å²) in [5.74, 6) is -1.05. The van der Waals surface area contributed by atoms with Crippen LogP contribution in [0.15, 0.2) is 73.0 Å². The van der Waals surface area contributed by atoms with Gasteiger partial charge in [-0.2, -0.15) is 0 Å². The minimum atomic E-state index is -2.56. The fourth-order valence-electron chi connectivity index (χ4n) is 8.17. The van der Waals surface area contributed by atoms with Gasteiger partial charge in [-0.3, -0.25) is 14.4 Å². The number of allylic oxidation sites excluding steroid dienone is 2. The van der Waals surface area contributed by atoms with Gasteiger partial charge in [-0.05, 0) is 72.1 Å². The lowest BCUT2D eigenvalue weighted by molar-refractivity contribution is -0.128. The molecule has 2 aliphatic rings. The highest BCUT2D eigenvalue weighted by molar-refractivity contribution is 6.78. The average molecular weight is 862 g/mol. The number of ether oxygens (including phenoxy) is 3. The molecule has 2 aliphatic heterocycles. The normalized spacial score (nSPS) is 17.4. The molecule has 2 heterocycles. The van der Waals surface area contributed by atoms with Crippen LogP contribution in [0.3, 0.4) is 0 Å². The van der Waals surface area contributed by atoms with Crippen molar-refractivity contribution in [2.24, 2.45) is 5.92 Å². The third-order valence-corrected chi connectivity index (χ3v) is 17.2. The molecule has 4 atom stereocenters. The number of hydrogen-bond acceptors (Lipinski definition) is 10. The summed E-state index contributed by atoms with van der Waals surface area (Å²) >= 11 is 0. The number of nitrogens with zero attached hydrogens (tertiary/aromatic N) is 2. The number of aliphatic hydroxyl groups excluding tert-OH is 1. The highest BCUT2D eigenvalue weighted by Gasteiger charge is 2.49. The van der Waals surface area contributed by atoms with Crippen molar-refractivity contribution in [1.29, 1.82) is 0 Å². The first kappa shape index (κ1) is 48.1. The zero-order valence-electron chi connectivity index (χ0n) is 37.2. The Morgan fingerprint density at radius 3 is 2.11 bits per heavy atom. The standard InChI is InChI=1S/C45H63N5O10Si/c1-13-15-32-21-36-43(54)50(35-23-38(60-61(27(5)6,28(7)8)29(9)10)37(57-12)22-34(35)42(53)49(36)24-32)45(56)59-25-31-16-18-33(19-17-31)47-40(51)30(11)46-41(52)39(26(3)4)48-44(55)58-20-14-2/h13-19,22-24,26-30,36,39,43,54H,2,20-21,25H2,1,3-12H3,(H,46,52)(H,47,51)(H,48,55)/t30-,36-,39-,43-/m0/s1. The van der Waals surface area contributed by atoms with Gasteiger partial charge in [-0.15, -0.1) is 0 Å². The molecule has 0 saturated heterocycles. The Labute approximate surface area is 360 Å². The maximum atomic E-state index is 14.3. The van der Waals surface area contributed by atoms with E-state index in [-0.39, 0.29) is 47.0 Å². The van der Waals surface area contributed by atoms with Crippen LogP contribution in [0.25, 0.3) is 0 Å². The van der Waals surface area contributed by atoms with Crippen molar-refractivity contribution >= 4 is 49.6 Å². The van der Waals surface area contributed by atoms with E-state index >= 15 is 0 Å². The average Bonchev–Trinajstić information content (AvgIpc) is 3.61. The van der Waals surface area contributed by atoms with Gasteiger partial charge in [-0.25, -0.2) is 14.5 Å². The first-order valence-electron chi connectivity index (χ1n) is 20.8. The van der Waals surface area contributed by atoms with Gasteiger partial charge < -0.3 is 44.6 Å². The van der Waals surface area contributed by atoms with Crippen LogP contribution in [0.5, 0.6) is 11.5 Å². The van der Waals surface area contributed by atoms with Gasteiger partial charge in [0.25, 0.3) is 14.2 Å². The van der Waals surface area contributed by atoms with Gasteiger partial charge in [0.1, 0.15) is 31.0 Å². The lowest BCUT2D eigenvalue weighted by Crippen LogP contribution is -2.53. The van der Waals surface area contributed by atoms with Gasteiger partial charge in [-0.1, -0.05) is 92.3 Å². The number of methoxy groups -OCH3 is 1. The fourth-order valence-corrected chi connectivity index (χ4v) is 13.4. The van der Waals surface area contributed by atoms with Crippen LogP contribution in [-0.4, -0.2) is 86.3 Å². The maximum absolute atomic E-state index is 14.3. The summed E-state index contributed by atoms with van der Waals surface area (Å²) < 4.78 is 23.6. The number of carbonyl (C=O) groups excluding carboxylic acids is 5. The van der Waals surface area contributed by atoms with Crippen LogP contribution < -0.4 is 30.0 Å². The molecule has 4 N–H and O–H groups in total. The number of nitrogens with one attached hydrogen (secondary N) is 3. The van der Waals surface area contributed by atoms with Crippen LogP contribution in [0.1, 0.15) is 91.6 Å². The molecule has 0 bridgehead atoms. The largest absolute Gasteiger partial charge is 0.540 e. The summed E-state index contributed by atoms with van der Waals surface area (Å²) in [7, 11) is -1.05. The van der Waals surface area contributed by atoms with Crippen molar-refractivity contribution < 1.29 is 47.7 Å². The van der Waals surface area contributed by atoms with Crippen LogP contribution >= 0.6 is 0 Å². The molecule has 0 radical (unpaired) electrons. The minimum absolute atomic E-state index is 0.0179. The second kappa shape index (κ2) is 20.8. The van der Waals surface area contributed by atoms with Crippen molar-refractivity contribution in [2.75, 3.05) is 23.9 Å². The molecular formula is C45H63N5O10Si. The van der Waals surface area contributed by atoms with E-state index in [1.807, 2.05) is 19.1 Å². The summed E-state index contributed by atoms with van der Waals surface area (Å²) in [5.41, 5.74) is 2.70. The molecule has 16 heteroatoms. The Morgan fingerprint density at radius 1 is 0.918 bits per heavy atom. The monoisotopic (exact) mass is 861 g/mol. The SMILES string of the molecule is C=CCOC(=O)N[C@H](C(=O)N[C@@H](C)C(=O)Nc1ccc(COC(=O)N2c3cc(O[Si](C(C)C)(C(C)C)C(C)C)c(OC)cc3C(=O)N3C=C(C=CC)C[C@H]3[C@@H]2O)cc1)C(C)C. The quantitative estimate of drug-likeness (QED) is 0.0905. The number of anilines is 2. The number of alkyl carbamates (subject to hydrolysis) is 1. The summed E-state index contributed by atoms with van der Waals surface area (Å²) in [6.45, 7) is 23.1. The van der Waals surface area contributed by atoms with Crippen molar-refractivity contribution in [1.82, 2.24) is 15.5 Å². The molecule has 61 heavy (non-hydrogen) atoms. The number of hydrogen-bond donors (Lipinski definition) is 4. The predicted octanol–water partition coefficient (Wildman–Crippen LogP) is 7.78. The van der Waals surface area contributed by atoms with E-state index in [2.05, 4.69) is 64.1 Å². The number of aliphatic hydroxyl groups is 1. The topological polar surface area (TPSA) is 185 Å². The first-order chi connectivity index (χ1) is 28.8. The van der Waals surface area contributed by atoms with Crippen LogP contribution in [-0.2, 0) is 25.7 Å². The Balaban J connectivity index is 1.56. The zero-order valence-corrected chi connectivity index (χ0v) is 38.2. The predicted molar refractivity (Wildman–Crippen MR) is 237 cm³/mol. The van der Waals surface area contributed by atoms with E-state index in [1.54, 1.807) is 56.4 Å². The van der Waals surface area contributed by atoms with Crippen molar-refractivity contribution in [2.45, 2.75) is 123 Å². The van der Waals surface area contributed by atoms with Gasteiger partial charge in [0.2, 0.25) is 11.8 Å². The molecule has 5 amide bonds. The number of carbonyl (C=O) groups is 5. The lowest BCUT2D eigenvalue weighted by Gasteiger charge is -2.42. The van der Waals surface area contributed by atoms with Gasteiger partial charge in [0, 0.05) is 18.0 Å². The van der Waals surface area contributed by atoms with Crippen LogP contribution in [0.2, 0.25) is 16.6 Å². The Kier molecular flexibility index (Phi) is 16.4. The molecule has 0 saturated carbocycles. The van der Waals surface area contributed by atoms with Crippen molar-refractivity contribution in [3.8, 4) is 11.5 Å². The summed E-state index contributed by atoms with van der Waals surface area (Å²) in [6.07, 6.45) is 3.95. The Hall–Kier alpha value is -5.61. The zero-order chi connectivity index (χ0) is 45.3. The first-order valence-corrected chi connectivity index (χ1v) is 22.9. The summed E-state index contributed by atoms with van der Waals surface area (Å²) in [6, 6.07) is 7.04. The lowest BCUT2D eigenvalue weighted by atomic mass is 10.0. The molecule has 0 aliphatic carbocycles. The molecule has 332 valence electrons. The summed E-state index contributed by atoms with van der Waals surface area (Å²) in [4.78, 5) is 69.2. The number of amides is 5. The number of benzene rings is 2. The van der Waals surface area contributed by atoms with E-state index in [0.29, 0.717) is 29.2 Å². The van der Waals surface area contributed by atoms with E-state index in [9.17, 15) is 29.1 Å². The molecular weight excluding hydrogens is 799 g/mol. The third kappa shape index (κ3) is 10.8.